The lowest BCUT2D eigenvalue weighted by molar-refractivity contribution is 0.0240. The zero-order chi connectivity index (χ0) is 12.8. The molecule has 1 fully saturated rings. The molecule has 1 aliphatic heterocycles. The average molecular weight is 244 g/mol. The molecule has 1 heterocycles. The van der Waals surface area contributed by atoms with Crippen LogP contribution in [0.3, 0.4) is 0 Å². The second-order valence-electron chi connectivity index (χ2n) is 4.95. The number of hydrogen-bond acceptors (Lipinski definition) is 3. The van der Waals surface area contributed by atoms with Gasteiger partial charge < -0.3 is 5.11 Å². The van der Waals surface area contributed by atoms with Gasteiger partial charge in [-0.25, -0.2) is 0 Å². The van der Waals surface area contributed by atoms with Crippen LogP contribution in [0.4, 0.5) is 0 Å². The molecular formula is C15H20N2O. The Bertz CT molecular complexity index is 399. The Balaban J connectivity index is 2.02. The minimum Gasteiger partial charge on any atom is -0.390 e. The van der Waals surface area contributed by atoms with Crippen LogP contribution in [0.25, 0.3) is 0 Å². The van der Waals surface area contributed by atoms with Crippen molar-refractivity contribution in [3.05, 3.63) is 35.9 Å². The Hall–Kier alpha value is -1.37. The molecule has 3 nitrogen and oxygen atoms in total. The van der Waals surface area contributed by atoms with Gasteiger partial charge >= 0.3 is 0 Å². The van der Waals surface area contributed by atoms with Crippen LogP contribution >= 0.6 is 0 Å². The fourth-order valence-electron chi connectivity index (χ4n) is 2.70. The lowest BCUT2D eigenvalue weighted by atomic mass is 9.95. The van der Waals surface area contributed by atoms with Crippen LogP contribution in [0.15, 0.2) is 30.3 Å². The van der Waals surface area contributed by atoms with Crippen molar-refractivity contribution in [1.29, 1.82) is 5.26 Å². The zero-order valence-electron chi connectivity index (χ0n) is 10.6. The van der Waals surface area contributed by atoms with Gasteiger partial charge in [-0.15, -0.1) is 0 Å². The monoisotopic (exact) mass is 244 g/mol. The van der Waals surface area contributed by atoms with E-state index in [1.165, 1.54) is 12.0 Å². The number of benzene rings is 1. The molecule has 0 spiro atoms. The Morgan fingerprint density at radius 2 is 2.11 bits per heavy atom. The third-order valence-electron chi connectivity index (χ3n) is 3.64. The number of likely N-dealkylation sites (tertiary alicyclic amines) is 1. The minimum atomic E-state index is -0.515. The van der Waals surface area contributed by atoms with Gasteiger partial charge in [-0.3, -0.25) is 4.90 Å². The summed E-state index contributed by atoms with van der Waals surface area (Å²) in [5, 5.41) is 18.8. The lowest BCUT2D eigenvalue weighted by Gasteiger charge is -2.38. The first kappa shape index (κ1) is 13.1. The van der Waals surface area contributed by atoms with Crippen LogP contribution in [0.1, 0.15) is 31.2 Å². The van der Waals surface area contributed by atoms with E-state index in [4.69, 9.17) is 5.26 Å². The van der Waals surface area contributed by atoms with Crippen molar-refractivity contribution >= 4 is 0 Å². The summed E-state index contributed by atoms with van der Waals surface area (Å²) in [5.74, 6) is 0. The van der Waals surface area contributed by atoms with Crippen LogP contribution in [-0.4, -0.2) is 28.7 Å². The second kappa shape index (κ2) is 6.53. The normalized spacial score (nSPS) is 22.3. The van der Waals surface area contributed by atoms with E-state index in [0.717, 1.165) is 25.9 Å². The molecule has 96 valence electrons. The molecule has 2 atom stereocenters. The van der Waals surface area contributed by atoms with E-state index in [9.17, 15) is 5.11 Å². The van der Waals surface area contributed by atoms with Gasteiger partial charge in [0.2, 0.25) is 0 Å². The van der Waals surface area contributed by atoms with Crippen LogP contribution in [0.2, 0.25) is 0 Å². The van der Waals surface area contributed by atoms with E-state index in [1.807, 2.05) is 18.2 Å². The number of nitriles is 1. The summed E-state index contributed by atoms with van der Waals surface area (Å²) in [5.41, 5.74) is 1.27. The molecule has 3 heteroatoms. The maximum atomic E-state index is 10.1. The van der Waals surface area contributed by atoms with Gasteiger partial charge in [0.05, 0.1) is 18.6 Å². The van der Waals surface area contributed by atoms with Gasteiger partial charge in [0, 0.05) is 12.6 Å². The fraction of sp³-hybridized carbons (Fsp3) is 0.533. The first-order valence-corrected chi connectivity index (χ1v) is 6.64. The largest absolute Gasteiger partial charge is 0.390 e. The van der Waals surface area contributed by atoms with Crippen molar-refractivity contribution in [2.75, 3.05) is 6.54 Å². The fourth-order valence-corrected chi connectivity index (χ4v) is 2.70. The van der Waals surface area contributed by atoms with Crippen LogP contribution < -0.4 is 0 Å². The summed E-state index contributed by atoms with van der Waals surface area (Å²) in [7, 11) is 0. The molecule has 1 aromatic carbocycles. The standard InChI is InChI=1S/C15H20N2O/c16-10-9-15(18)14-8-4-5-11-17(14)12-13-6-2-1-3-7-13/h1-3,6-7,14-15,18H,4-5,8-9,11-12H2. The summed E-state index contributed by atoms with van der Waals surface area (Å²) in [4.78, 5) is 2.32. The van der Waals surface area contributed by atoms with E-state index in [2.05, 4.69) is 23.1 Å². The molecule has 2 rings (SSSR count). The number of aliphatic hydroxyl groups is 1. The van der Waals surface area contributed by atoms with E-state index < -0.39 is 6.10 Å². The number of rotatable bonds is 4. The molecule has 0 saturated carbocycles. The molecule has 1 aromatic rings. The highest BCUT2D eigenvalue weighted by molar-refractivity contribution is 5.14. The predicted octanol–water partition coefficient (Wildman–Crippen LogP) is 2.32. The topological polar surface area (TPSA) is 47.3 Å². The zero-order valence-corrected chi connectivity index (χ0v) is 10.6. The van der Waals surface area contributed by atoms with Gasteiger partial charge in [0.15, 0.2) is 0 Å². The molecule has 2 unspecified atom stereocenters. The van der Waals surface area contributed by atoms with Gasteiger partial charge in [0.1, 0.15) is 0 Å². The van der Waals surface area contributed by atoms with Crippen LogP contribution in [0.5, 0.6) is 0 Å². The summed E-state index contributed by atoms with van der Waals surface area (Å²) in [6.07, 6.45) is 3.05. The Morgan fingerprint density at radius 1 is 1.33 bits per heavy atom. The van der Waals surface area contributed by atoms with Crippen molar-refractivity contribution in [2.24, 2.45) is 0 Å². The predicted molar refractivity (Wildman–Crippen MR) is 70.7 cm³/mol. The maximum absolute atomic E-state index is 10.1. The van der Waals surface area contributed by atoms with Crippen LogP contribution in [-0.2, 0) is 6.54 Å². The summed E-state index contributed by atoms with van der Waals surface area (Å²) in [6.45, 7) is 1.88. The Morgan fingerprint density at radius 3 is 2.83 bits per heavy atom. The molecule has 1 N–H and O–H groups in total. The molecule has 1 aliphatic rings. The molecule has 0 radical (unpaired) electrons. The van der Waals surface area contributed by atoms with Crippen LogP contribution in [0, 0.1) is 11.3 Å². The van der Waals surface area contributed by atoms with Crippen molar-refractivity contribution < 1.29 is 5.11 Å². The maximum Gasteiger partial charge on any atom is 0.0825 e. The van der Waals surface area contributed by atoms with Gasteiger partial charge in [-0.05, 0) is 24.9 Å². The quantitative estimate of drug-likeness (QED) is 0.884. The third kappa shape index (κ3) is 3.32. The number of aliphatic hydroxyl groups excluding tert-OH is 1. The summed E-state index contributed by atoms with van der Waals surface area (Å²) in [6, 6.07) is 12.5. The molecular weight excluding hydrogens is 224 g/mol. The average Bonchev–Trinajstić information content (AvgIpc) is 2.41. The number of hydrogen-bond donors (Lipinski definition) is 1. The molecule has 0 aliphatic carbocycles. The Labute approximate surface area is 109 Å². The highest BCUT2D eigenvalue weighted by Gasteiger charge is 2.28. The first-order valence-electron chi connectivity index (χ1n) is 6.64. The van der Waals surface area contributed by atoms with Gasteiger partial charge in [-0.2, -0.15) is 5.26 Å². The molecule has 0 aromatic heterocycles. The SMILES string of the molecule is N#CCC(O)C1CCCCN1Cc1ccccc1. The highest BCUT2D eigenvalue weighted by Crippen LogP contribution is 2.23. The van der Waals surface area contributed by atoms with Crippen molar-refractivity contribution in [1.82, 2.24) is 4.90 Å². The summed E-state index contributed by atoms with van der Waals surface area (Å²) >= 11 is 0. The second-order valence-corrected chi connectivity index (χ2v) is 4.95. The molecule has 18 heavy (non-hydrogen) atoms. The van der Waals surface area contributed by atoms with Crippen molar-refractivity contribution in [2.45, 2.75) is 44.4 Å². The van der Waals surface area contributed by atoms with Crippen molar-refractivity contribution in [3.63, 3.8) is 0 Å². The molecule has 0 bridgehead atoms. The van der Waals surface area contributed by atoms with Crippen molar-refractivity contribution in [3.8, 4) is 6.07 Å². The third-order valence-corrected chi connectivity index (χ3v) is 3.64. The van der Waals surface area contributed by atoms with E-state index in [-0.39, 0.29) is 12.5 Å². The van der Waals surface area contributed by atoms with Gasteiger partial charge in [0.25, 0.3) is 0 Å². The van der Waals surface area contributed by atoms with Gasteiger partial charge in [-0.1, -0.05) is 36.8 Å². The smallest absolute Gasteiger partial charge is 0.0825 e. The Kier molecular flexibility index (Phi) is 4.74. The van der Waals surface area contributed by atoms with E-state index in [1.54, 1.807) is 0 Å². The minimum absolute atomic E-state index is 0.138. The lowest BCUT2D eigenvalue weighted by Crippen LogP contribution is -2.46. The summed E-state index contributed by atoms with van der Waals surface area (Å²) < 4.78 is 0. The first-order chi connectivity index (χ1) is 8.81. The number of nitrogens with zero attached hydrogens (tertiary/aromatic N) is 2. The molecule has 1 saturated heterocycles. The molecule has 0 amide bonds. The van der Waals surface area contributed by atoms with E-state index >= 15 is 0 Å². The highest BCUT2D eigenvalue weighted by atomic mass is 16.3. The number of piperidine rings is 1. The van der Waals surface area contributed by atoms with E-state index in [0.29, 0.717) is 0 Å².